The van der Waals surface area contributed by atoms with Crippen LogP contribution in [0.15, 0.2) is 185 Å². The first-order chi connectivity index (χ1) is 25.8. The van der Waals surface area contributed by atoms with Crippen LogP contribution >= 0.6 is 11.3 Å². The molecule has 3 nitrogen and oxygen atoms in total. The Morgan fingerprint density at radius 3 is 2.02 bits per heavy atom. The van der Waals surface area contributed by atoms with Crippen LogP contribution in [0.3, 0.4) is 0 Å². The van der Waals surface area contributed by atoms with Crippen molar-refractivity contribution in [2.45, 2.75) is 6.42 Å². The lowest BCUT2D eigenvalue weighted by atomic mass is 9.94. The first kappa shape index (κ1) is 30.3. The lowest BCUT2D eigenvalue weighted by Gasteiger charge is -2.18. The standard InChI is InChI=1S/C48H32N2OS/c1-3-13-31(14-4-1)40-22-12-23-41(50-48(49-40)32-15-5-2-6-16-32)35-18-9-17-33(29-35)36-20-10-24-43-46(36)39-30-34(27-28-42(39)51-43)37-21-11-26-45-47(37)38-19-7-8-25-44(38)52-45/h1-11,13-30H,12H2,(H,49,50). The average molecular weight is 685 g/mol. The lowest BCUT2D eigenvalue weighted by Crippen LogP contribution is -2.24. The van der Waals surface area contributed by atoms with E-state index in [-0.39, 0.29) is 0 Å². The SMILES string of the molecule is C1=C(c2ccccc2)N=C(c2ccccc2)NC(c2cccc(-c3cccc4oc5ccc(-c6cccc7sc8ccccc8c67)cc5c34)c2)=CC1. The highest BCUT2D eigenvalue weighted by Gasteiger charge is 2.18. The monoisotopic (exact) mass is 684 g/mol. The molecular weight excluding hydrogens is 653 g/mol. The Kier molecular flexibility index (Phi) is 7.40. The van der Waals surface area contributed by atoms with Crippen LogP contribution in [-0.2, 0) is 0 Å². The van der Waals surface area contributed by atoms with Crippen molar-refractivity contribution >= 4 is 70.7 Å². The molecule has 0 aliphatic carbocycles. The minimum absolute atomic E-state index is 0.749. The number of allylic oxidation sites excluding steroid dienone is 2. The lowest BCUT2D eigenvalue weighted by molar-refractivity contribution is 0.669. The summed E-state index contributed by atoms with van der Waals surface area (Å²) in [5.74, 6) is 0.816. The van der Waals surface area contributed by atoms with Crippen LogP contribution in [0.2, 0.25) is 0 Å². The van der Waals surface area contributed by atoms with E-state index in [9.17, 15) is 0 Å². The Morgan fingerprint density at radius 1 is 0.481 bits per heavy atom. The molecular formula is C48H32N2OS. The van der Waals surface area contributed by atoms with E-state index >= 15 is 0 Å². The summed E-state index contributed by atoms with van der Waals surface area (Å²) in [4.78, 5) is 5.18. The molecule has 0 saturated carbocycles. The van der Waals surface area contributed by atoms with E-state index in [1.807, 2.05) is 23.5 Å². The smallest absolute Gasteiger partial charge is 0.138 e. The van der Waals surface area contributed by atoms with E-state index in [2.05, 4.69) is 169 Å². The Labute approximate surface area is 305 Å². The van der Waals surface area contributed by atoms with Gasteiger partial charge in [0, 0.05) is 42.2 Å². The number of hydrogen-bond donors (Lipinski definition) is 1. The Morgan fingerprint density at radius 2 is 1.15 bits per heavy atom. The number of amidine groups is 1. The summed E-state index contributed by atoms with van der Waals surface area (Å²) in [6.45, 7) is 0. The molecule has 0 fully saturated rings. The summed E-state index contributed by atoms with van der Waals surface area (Å²) >= 11 is 1.85. The van der Waals surface area contributed by atoms with E-state index in [0.29, 0.717) is 0 Å². The summed E-state index contributed by atoms with van der Waals surface area (Å²) < 4.78 is 9.11. The van der Waals surface area contributed by atoms with Crippen LogP contribution in [0.5, 0.6) is 0 Å². The maximum Gasteiger partial charge on any atom is 0.138 e. The van der Waals surface area contributed by atoms with Gasteiger partial charge in [0.25, 0.3) is 0 Å². The van der Waals surface area contributed by atoms with E-state index in [4.69, 9.17) is 9.41 Å². The fraction of sp³-hybridized carbons (Fsp3) is 0.0208. The summed E-state index contributed by atoms with van der Waals surface area (Å²) in [5.41, 5.74) is 11.7. The molecule has 0 spiro atoms. The number of nitrogens with zero attached hydrogens (tertiary/aromatic N) is 1. The van der Waals surface area contributed by atoms with E-state index < -0.39 is 0 Å². The van der Waals surface area contributed by atoms with Gasteiger partial charge in [-0.2, -0.15) is 0 Å². The van der Waals surface area contributed by atoms with Gasteiger partial charge >= 0.3 is 0 Å². The molecule has 0 amide bonds. The molecule has 1 aliphatic rings. The molecule has 2 aromatic heterocycles. The number of fused-ring (bicyclic) bond motifs is 6. The Hall–Kier alpha value is -6.49. The maximum atomic E-state index is 6.49. The highest BCUT2D eigenvalue weighted by molar-refractivity contribution is 7.25. The fourth-order valence-electron chi connectivity index (χ4n) is 7.48. The molecule has 0 unspecified atom stereocenters. The molecule has 3 heterocycles. The number of thiophene rings is 1. The zero-order chi connectivity index (χ0) is 34.4. The molecule has 1 aliphatic heterocycles. The topological polar surface area (TPSA) is 37.5 Å². The molecule has 7 aromatic carbocycles. The second-order valence-electron chi connectivity index (χ2n) is 13.1. The molecule has 246 valence electrons. The van der Waals surface area contributed by atoms with Crippen LogP contribution < -0.4 is 5.32 Å². The van der Waals surface area contributed by atoms with Crippen molar-refractivity contribution in [2.75, 3.05) is 0 Å². The summed E-state index contributed by atoms with van der Waals surface area (Å²) in [6.07, 6.45) is 5.21. The Balaban J connectivity index is 1.08. The van der Waals surface area contributed by atoms with E-state index in [1.165, 1.54) is 31.3 Å². The van der Waals surface area contributed by atoms with Crippen molar-refractivity contribution in [3.8, 4) is 22.3 Å². The minimum Gasteiger partial charge on any atom is -0.456 e. The van der Waals surface area contributed by atoms with Crippen LogP contribution in [-0.4, -0.2) is 5.84 Å². The average Bonchev–Trinajstić information content (AvgIpc) is 3.77. The molecule has 0 saturated heterocycles. The summed E-state index contributed by atoms with van der Waals surface area (Å²) in [6, 6.07) is 57.9. The molecule has 0 radical (unpaired) electrons. The Bertz CT molecular complexity index is 2890. The first-order valence-corrected chi connectivity index (χ1v) is 18.4. The van der Waals surface area contributed by atoms with Crippen LogP contribution in [0.25, 0.3) is 75.8 Å². The van der Waals surface area contributed by atoms with Gasteiger partial charge in [-0.25, -0.2) is 4.99 Å². The molecule has 9 aromatic rings. The largest absolute Gasteiger partial charge is 0.456 e. The normalized spacial score (nSPS) is 13.4. The van der Waals surface area contributed by atoms with Crippen molar-refractivity contribution in [3.05, 3.63) is 193 Å². The number of furan rings is 1. The van der Waals surface area contributed by atoms with Gasteiger partial charge in [-0.05, 0) is 76.2 Å². The zero-order valence-corrected chi connectivity index (χ0v) is 29.0. The van der Waals surface area contributed by atoms with Gasteiger partial charge < -0.3 is 9.73 Å². The third-order valence-corrected chi connectivity index (χ3v) is 11.1. The van der Waals surface area contributed by atoms with Crippen molar-refractivity contribution in [3.63, 3.8) is 0 Å². The van der Waals surface area contributed by atoms with Gasteiger partial charge in [-0.15, -0.1) is 11.3 Å². The predicted octanol–water partition coefficient (Wildman–Crippen LogP) is 13.1. The highest BCUT2D eigenvalue weighted by Crippen LogP contribution is 2.43. The summed E-state index contributed by atoms with van der Waals surface area (Å²) in [7, 11) is 0. The van der Waals surface area contributed by atoms with Gasteiger partial charge in [0.15, 0.2) is 0 Å². The zero-order valence-electron chi connectivity index (χ0n) is 28.2. The number of aliphatic imine (C=N–C) groups is 1. The quantitative estimate of drug-likeness (QED) is 0.196. The van der Waals surface area contributed by atoms with Gasteiger partial charge in [0.2, 0.25) is 0 Å². The maximum absolute atomic E-state index is 6.49. The fourth-order valence-corrected chi connectivity index (χ4v) is 8.61. The third kappa shape index (κ3) is 5.33. The number of rotatable bonds is 5. The number of nitrogens with one attached hydrogen (secondary N) is 1. The highest BCUT2D eigenvalue weighted by atomic mass is 32.1. The van der Waals surface area contributed by atoms with Crippen molar-refractivity contribution in [1.29, 1.82) is 0 Å². The molecule has 10 rings (SSSR count). The van der Waals surface area contributed by atoms with Crippen LogP contribution in [0.1, 0.15) is 23.1 Å². The predicted molar refractivity (Wildman–Crippen MR) is 221 cm³/mol. The van der Waals surface area contributed by atoms with Gasteiger partial charge in [0.05, 0.1) is 5.70 Å². The molecule has 52 heavy (non-hydrogen) atoms. The third-order valence-electron chi connectivity index (χ3n) is 9.93. The number of hydrogen-bond acceptors (Lipinski definition) is 4. The second-order valence-corrected chi connectivity index (χ2v) is 14.2. The molecule has 4 heteroatoms. The van der Waals surface area contributed by atoms with E-state index in [0.717, 1.165) is 73.4 Å². The molecule has 1 N–H and O–H groups in total. The van der Waals surface area contributed by atoms with Gasteiger partial charge in [0.1, 0.15) is 17.0 Å². The first-order valence-electron chi connectivity index (χ1n) is 17.6. The molecule has 0 atom stereocenters. The van der Waals surface area contributed by atoms with Crippen LogP contribution in [0.4, 0.5) is 0 Å². The summed E-state index contributed by atoms with van der Waals surface area (Å²) in [5, 5.41) is 8.59. The second kappa shape index (κ2) is 12.7. The van der Waals surface area contributed by atoms with Crippen LogP contribution in [0, 0.1) is 0 Å². The van der Waals surface area contributed by atoms with Crippen molar-refractivity contribution in [2.24, 2.45) is 4.99 Å². The van der Waals surface area contributed by atoms with Gasteiger partial charge in [-0.1, -0.05) is 140 Å². The van der Waals surface area contributed by atoms with E-state index in [1.54, 1.807) is 0 Å². The molecule has 0 bridgehead atoms. The van der Waals surface area contributed by atoms with Gasteiger partial charge in [-0.3, -0.25) is 0 Å². The number of benzene rings is 7. The van der Waals surface area contributed by atoms with Crippen molar-refractivity contribution < 1.29 is 4.42 Å². The van der Waals surface area contributed by atoms with Crippen molar-refractivity contribution in [1.82, 2.24) is 5.32 Å². The minimum atomic E-state index is 0.749.